The van der Waals surface area contributed by atoms with Crippen molar-refractivity contribution in [2.75, 3.05) is 5.32 Å². The summed E-state index contributed by atoms with van der Waals surface area (Å²) in [7, 11) is 0. The van der Waals surface area contributed by atoms with E-state index in [4.69, 9.17) is 17.0 Å². The molecule has 0 amide bonds. The van der Waals surface area contributed by atoms with E-state index in [1.54, 1.807) is 6.21 Å². The number of hydrazone groups is 1. The third-order valence-electron chi connectivity index (χ3n) is 3.62. The molecule has 0 aromatic heterocycles. The Morgan fingerprint density at radius 1 is 0.926 bits per heavy atom. The molecule has 4 nitrogen and oxygen atoms in total. The Kier molecular flexibility index (Phi) is 6.57. The minimum atomic E-state index is 0.424. The van der Waals surface area contributed by atoms with Crippen LogP contribution in [-0.4, -0.2) is 11.3 Å². The lowest BCUT2D eigenvalue weighted by molar-refractivity contribution is 0.482. The maximum Gasteiger partial charge on any atom is 0.191 e. The molecule has 6 heteroatoms. The molecule has 3 aromatic rings. The Morgan fingerprint density at radius 3 is 2.15 bits per heavy atom. The van der Waals surface area contributed by atoms with Crippen LogP contribution in [0.25, 0.3) is 0 Å². The lowest BCUT2D eigenvalue weighted by Gasteiger charge is -2.07. The zero-order chi connectivity index (χ0) is 19.1. The standard InChI is InChI=1S/C21H18BrN3OS/c1-15-2-10-19(11-3-15)26-20-12-4-16(5-13-20)14-23-25-21(27)24-18-8-6-17(22)7-9-18/h2-14H,1H3,(H2,24,25,27)/b23-14+. The Labute approximate surface area is 172 Å². The van der Waals surface area contributed by atoms with Crippen LogP contribution < -0.4 is 15.5 Å². The molecule has 0 bridgehead atoms. The second-order valence-electron chi connectivity index (χ2n) is 5.82. The number of rotatable bonds is 5. The van der Waals surface area contributed by atoms with Crippen molar-refractivity contribution in [3.05, 3.63) is 88.4 Å². The van der Waals surface area contributed by atoms with Gasteiger partial charge in [0.15, 0.2) is 5.11 Å². The molecule has 0 saturated heterocycles. The first kappa shape index (κ1) is 19.1. The van der Waals surface area contributed by atoms with Gasteiger partial charge < -0.3 is 10.1 Å². The summed E-state index contributed by atoms with van der Waals surface area (Å²) < 4.78 is 6.83. The molecule has 0 aliphatic rings. The molecule has 0 radical (unpaired) electrons. The van der Waals surface area contributed by atoms with E-state index < -0.39 is 0 Å². The summed E-state index contributed by atoms with van der Waals surface area (Å²) in [5, 5.41) is 7.64. The molecule has 0 saturated carbocycles. The minimum absolute atomic E-state index is 0.424. The van der Waals surface area contributed by atoms with E-state index >= 15 is 0 Å². The predicted octanol–water partition coefficient (Wildman–Crippen LogP) is 5.87. The fraction of sp³-hybridized carbons (Fsp3) is 0.0476. The smallest absolute Gasteiger partial charge is 0.191 e. The number of nitrogens with zero attached hydrogens (tertiary/aromatic N) is 1. The molecule has 0 aliphatic carbocycles. The monoisotopic (exact) mass is 439 g/mol. The SMILES string of the molecule is Cc1ccc(Oc2ccc(/C=N/NC(=S)Nc3ccc(Br)cc3)cc2)cc1. The molecule has 3 rings (SSSR count). The third-order valence-corrected chi connectivity index (χ3v) is 4.34. The number of nitrogens with one attached hydrogen (secondary N) is 2. The van der Waals surface area contributed by atoms with E-state index in [1.807, 2.05) is 79.7 Å². The van der Waals surface area contributed by atoms with E-state index in [0.717, 1.165) is 27.2 Å². The van der Waals surface area contributed by atoms with Crippen LogP contribution in [0, 0.1) is 6.92 Å². The highest BCUT2D eigenvalue weighted by Gasteiger charge is 1.98. The summed E-state index contributed by atoms with van der Waals surface area (Å²) in [5.74, 6) is 1.59. The van der Waals surface area contributed by atoms with Crippen molar-refractivity contribution in [3.8, 4) is 11.5 Å². The first-order valence-electron chi connectivity index (χ1n) is 8.29. The Balaban J connectivity index is 1.50. The van der Waals surface area contributed by atoms with Crippen LogP contribution in [0.1, 0.15) is 11.1 Å². The second kappa shape index (κ2) is 9.30. The van der Waals surface area contributed by atoms with E-state index in [-0.39, 0.29) is 0 Å². The number of halogens is 1. The molecule has 2 N–H and O–H groups in total. The number of hydrogen-bond donors (Lipinski definition) is 2. The Bertz CT molecular complexity index is 923. The summed E-state index contributed by atoms with van der Waals surface area (Å²) in [6.07, 6.45) is 1.70. The lowest BCUT2D eigenvalue weighted by atomic mass is 10.2. The number of anilines is 1. The summed E-state index contributed by atoms with van der Waals surface area (Å²) in [5.41, 5.74) is 5.83. The van der Waals surface area contributed by atoms with Gasteiger partial charge in [0.05, 0.1) is 6.21 Å². The number of benzene rings is 3. The average molecular weight is 440 g/mol. The zero-order valence-electron chi connectivity index (χ0n) is 14.6. The van der Waals surface area contributed by atoms with E-state index in [2.05, 4.69) is 31.8 Å². The second-order valence-corrected chi connectivity index (χ2v) is 7.14. The number of ether oxygens (including phenoxy) is 1. The largest absolute Gasteiger partial charge is 0.457 e. The van der Waals surface area contributed by atoms with Gasteiger partial charge in [-0.25, -0.2) is 0 Å². The van der Waals surface area contributed by atoms with Crippen LogP contribution in [0.3, 0.4) is 0 Å². The van der Waals surface area contributed by atoms with Crippen molar-refractivity contribution >= 4 is 45.2 Å². The van der Waals surface area contributed by atoms with Gasteiger partial charge in [0.25, 0.3) is 0 Å². The number of thiocarbonyl (C=S) groups is 1. The Morgan fingerprint density at radius 2 is 1.52 bits per heavy atom. The molecule has 0 spiro atoms. The van der Waals surface area contributed by atoms with Crippen molar-refractivity contribution in [3.63, 3.8) is 0 Å². The molecule has 136 valence electrons. The van der Waals surface area contributed by atoms with Gasteiger partial charge >= 0.3 is 0 Å². The molecule has 0 heterocycles. The molecular weight excluding hydrogens is 422 g/mol. The van der Waals surface area contributed by atoms with Crippen LogP contribution in [0.5, 0.6) is 11.5 Å². The van der Waals surface area contributed by atoms with Crippen LogP contribution in [0.2, 0.25) is 0 Å². The van der Waals surface area contributed by atoms with Gasteiger partial charge in [-0.2, -0.15) is 5.10 Å². The van der Waals surface area contributed by atoms with E-state index in [9.17, 15) is 0 Å². The summed E-state index contributed by atoms with van der Waals surface area (Å²) >= 11 is 8.62. The van der Waals surface area contributed by atoms with Gasteiger partial charge in [0, 0.05) is 10.2 Å². The molecule has 0 fully saturated rings. The normalized spacial score (nSPS) is 10.6. The molecule has 3 aromatic carbocycles. The first-order valence-corrected chi connectivity index (χ1v) is 9.49. The van der Waals surface area contributed by atoms with Crippen molar-refractivity contribution in [2.24, 2.45) is 5.10 Å². The van der Waals surface area contributed by atoms with Gasteiger partial charge in [-0.3, -0.25) is 5.43 Å². The maximum absolute atomic E-state index is 5.81. The van der Waals surface area contributed by atoms with Crippen molar-refractivity contribution in [1.82, 2.24) is 5.43 Å². The fourth-order valence-electron chi connectivity index (χ4n) is 2.22. The van der Waals surface area contributed by atoms with Crippen LogP contribution in [0.15, 0.2) is 82.4 Å². The van der Waals surface area contributed by atoms with E-state index in [1.165, 1.54) is 5.56 Å². The minimum Gasteiger partial charge on any atom is -0.457 e. The van der Waals surface area contributed by atoms with Gasteiger partial charge in [-0.1, -0.05) is 33.6 Å². The van der Waals surface area contributed by atoms with E-state index in [0.29, 0.717) is 5.11 Å². The highest BCUT2D eigenvalue weighted by Crippen LogP contribution is 2.21. The molecule has 0 atom stereocenters. The van der Waals surface area contributed by atoms with Crippen molar-refractivity contribution < 1.29 is 4.74 Å². The molecular formula is C21H18BrN3OS. The highest BCUT2D eigenvalue weighted by atomic mass is 79.9. The Hall–Kier alpha value is -2.70. The quantitative estimate of drug-likeness (QED) is 0.296. The lowest BCUT2D eigenvalue weighted by Crippen LogP contribution is -2.23. The first-order chi connectivity index (χ1) is 13.1. The zero-order valence-corrected chi connectivity index (χ0v) is 17.0. The summed E-state index contributed by atoms with van der Waals surface area (Å²) in [6.45, 7) is 2.05. The predicted molar refractivity (Wildman–Crippen MR) is 119 cm³/mol. The number of hydrogen-bond acceptors (Lipinski definition) is 3. The van der Waals surface area contributed by atoms with Crippen molar-refractivity contribution in [2.45, 2.75) is 6.92 Å². The maximum atomic E-state index is 5.81. The summed E-state index contributed by atoms with van der Waals surface area (Å²) in [6, 6.07) is 23.3. The van der Waals surface area contributed by atoms with Crippen LogP contribution in [0.4, 0.5) is 5.69 Å². The molecule has 0 aliphatic heterocycles. The molecule has 0 unspecified atom stereocenters. The fourth-order valence-corrected chi connectivity index (χ4v) is 2.66. The topological polar surface area (TPSA) is 45.6 Å². The summed E-state index contributed by atoms with van der Waals surface area (Å²) in [4.78, 5) is 0. The highest BCUT2D eigenvalue weighted by molar-refractivity contribution is 9.10. The van der Waals surface area contributed by atoms with Gasteiger partial charge in [0.1, 0.15) is 11.5 Å². The van der Waals surface area contributed by atoms with Crippen LogP contribution >= 0.6 is 28.1 Å². The van der Waals surface area contributed by atoms with Crippen molar-refractivity contribution in [1.29, 1.82) is 0 Å². The van der Waals surface area contributed by atoms with Crippen LogP contribution in [-0.2, 0) is 0 Å². The van der Waals surface area contributed by atoms with Gasteiger partial charge in [-0.05, 0) is 85.4 Å². The van der Waals surface area contributed by atoms with Gasteiger partial charge in [0.2, 0.25) is 0 Å². The number of aryl methyl sites for hydroxylation is 1. The van der Waals surface area contributed by atoms with Gasteiger partial charge in [-0.15, -0.1) is 0 Å². The molecule has 27 heavy (non-hydrogen) atoms. The average Bonchev–Trinajstić information content (AvgIpc) is 2.67. The third kappa shape index (κ3) is 6.20.